The third kappa shape index (κ3) is 5.94. The van der Waals surface area contributed by atoms with Gasteiger partial charge in [-0.1, -0.05) is 11.8 Å². The number of amides is 1. The lowest BCUT2D eigenvalue weighted by Gasteiger charge is -2.14. The minimum absolute atomic E-state index is 0.00931. The van der Waals surface area contributed by atoms with Gasteiger partial charge in [-0.2, -0.15) is 0 Å². The summed E-state index contributed by atoms with van der Waals surface area (Å²) in [5.41, 5.74) is 1.45. The zero-order valence-corrected chi connectivity index (χ0v) is 21.7. The highest BCUT2D eigenvalue weighted by Crippen LogP contribution is 2.29. The molecule has 36 heavy (non-hydrogen) atoms. The Kier molecular flexibility index (Phi) is 8.39. The van der Waals surface area contributed by atoms with Crippen LogP contribution in [0.5, 0.6) is 0 Å². The normalized spacial score (nSPS) is 15.0. The maximum atomic E-state index is 12.9. The summed E-state index contributed by atoms with van der Waals surface area (Å²) in [6.45, 7) is 3.36. The molecule has 1 atom stereocenters. The minimum Gasteiger partial charge on any atom is -0.465 e. The number of hydrogen-bond acceptors (Lipinski definition) is 10. The van der Waals surface area contributed by atoms with Crippen molar-refractivity contribution in [3.05, 3.63) is 45.6 Å². The lowest BCUT2D eigenvalue weighted by molar-refractivity contribution is -0.113. The summed E-state index contributed by atoms with van der Waals surface area (Å²) in [6, 6.07) is 6.29. The number of carbonyl (C=O) groups is 3. The Morgan fingerprint density at radius 2 is 2.00 bits per heavy atom. The topological polar surface area (TPSA) is 122 Å². The molecule has 0 aliphatic carbocycles. The first-order chi connectivity index (χ1) is 17.4. The highest BCUT2D eigenvalue weighted by molar-refractivity contribution is 7.99. The van der Waals surface area contributed by atoms with Gasteiger partial charge in [0.1, 0.15) is 0 Å². The van der Waals surface area contributed by atoms with Crippen LogP contribution in [0.1, 0.15) is 38.4 Å². The molecule has 1 N–H and O–H groups in total. The van der Waals surface area contributed by atoms with Gasteiger partial charge in [0.2, 0.25) is 5.91 Å². The highest BCUT2D eigenvalue weighted by atomic mass is 32.2. The molecule has 10 nitrogen and oxygen atoms in total. The summed E-state index contributed by atoms with van der Waals surface area (Å²) in [7, 11) is 2.50. The number of aromatic nitrogens is 3. The second kappa shape index (κ2) is 11.7. The smallest absolute Gasteiger partial charge is 0.339 e. The molecule has 2 aromatic heterocycles. The number of carbonyl (C=O) groups excluding carboxylic acids is 3. The second-order valence-corrected chi connectivity index (χ2v) is 10.1. The SMILES string of the molecule is COC(=O)c1ccc(C(=O)OC)c(NC(=O)CSc2nnc(-c3csc(C)c3)n2CC2CCCO2)c1. The molecule has 3 heterocycles. The quantitative estimate of drug-likeness (QED) is 0.325. The molecule has 1 aliphatic rings. The summed E-state index contributed by atoms with van der Waals surface area (Å²) in [5, 5.41) is 14.1. The van der Waals surface area contributed by atoms with Crippen LogP contribution in [0.25, 0.3) is 11.4 Å². The van der Waals surface area contributed by atoms with E-state index in [1.54, 1.807) is 11.3 Å². The van der Waals surface area contributed by atoms with Crippen molar-refractivity contribution in [2.45, 2.75) is 37.6 Å². The molecule has 1 amide bonds. The molecule has 1 saturated heterocycles. The Morgan fingerprint density at radius 3 is 2.67 bits per heavy atom. The van der Waals surface area contributed by atoms with Crippen LogP contribution in [0.4, 0.5) is 5.69 Å². The summed E-state index contributed by atoms with van der Waals surface area (Å²) in [4.78, 5) is 38.1. The Morgan fingerprint density at radius 1 is 1.19 bits per heavy atom. The van der Waals surface area contributed by atoms with Gasteiger partial charge >= 0.3 is 11.9 Å². The molecule has 4 rings (SSSR count). The zero-order chi connectivity index (χ0) is 25.7. The first-order valence-corrected chi connectivity index (χ1v) is 13.1. The molecular formula is C24H26N4O6S2. The van der Waals surface area contributed by atoms with E-state index in [2.05, 4.69) is 21.6 Å². The molecule has 0 radical (unpaired) electrons. The lowest BCUT2D eigenvalue weighted by Crippen LogP contribution is -2.19. The molecule has 12 heteroatoms. The second-order valence-electron chi connectivity index (χ2n) is 8.08. The number of anilines is 1. The van der Waals surface area contributed by atoms with Gasteiger partial charge in [0.25, 0.3) is 0 Å². The maximum Gasteiger partial charge on any atom is 0.339 e. The number of thiophene rings is 1. The predicted molar refractivity (Wildman–Crippen MR) is 136 cm³/mol. The van der Waals surface area contributed by atoms with Gasteiger partial charge in [-0.15, -0.1) is 21.5 Å². The third-order valence-electron chi connectivity index (χ3n) is 5.57. The van der Waals surface area contributed by atoms with Crippen LogP contribution in [-0.2, 0) is 25.5 Å². The van der Waals surface area contributed by atoms with E-state index in [1.807, 2.05) is 16.9 Å². The third-order valence-corrected chi connectivity index (χ3v) is 7.40. The fraction of sp³-hybridized carbons (Fsp3) is 0.375. The van der Waals surface area contributed by atoms with Gasteiger partial charge in [-0.3, -0.25) is 9.36 Å². The van der Waals surface area contributed by atoms with Gasteiger partial charge in [0.15, 0.2) is 11.0 Å². The van der Waals surface area contributed by atoms with E-state index in [9.17, 15) is 14.4 Å². The van der Waals surface area contributed by atoms with E-state index < -0.39 is 11.9 Å². The van der Waals surface area contributed by atoms with Crippen molar-refractivity contribution in [3.63, 3.8) is 0 Å². The standard InChI is InChI=1S/C24H26N4O6S2/c1-14-9-16(12-35-14)21-26-27-24(28(21)11-17-5-4-8-34-17)36-13-20(29)25-19-10-15(22(30)32-2)6-7-18(19)23(31)33-3/h6-7,9-10,12,17H,4-5,8,11,13H2,1-3H3,(H,25,29). The first kappa shape index (κ1) is 25.9. The fourth-order valence-corrected chi connectivity index (χ4v) is 5.25. The number of ether oxygens (including phenoxy) is 3. The minimum atomic E-state index is -0.638. The number of hydrogen-bond donors (Lipinski definition) is 1. The molecule has 0 spiro atoms. The molecular weight excluding hydrogens is 504 g/mol. The number of methoxy groups -OCH3 is 2. The van der Waals surface area contributed by atoms with Crippen LogP contribution in [0.15, 0.2) is 34.8 Å². The number of esters is 2. The number of nitrogens with zero attached hydrogens (tertiary/aromatic N) is 3. The summed E-state index contributed by atoms with van der Waals surface area (Å²) in [6.07, 6.45) is 2.03. The van der Waals surface area contributed by atoms with Crippen LogP contribution in [-0.4, -0.2) is 65.3 Å². The largest absolute Gasteiger partial charge is 0.465 e. The summed E-state index contributed by atoms with van der Waals surface area (Å²) in [5.74, 6) is -0.866. The maximum absolute atomic E-state index is 12.9. The number of thioether (sulfide) groups is 1. The van der Waals surface area contributed by atoms with Gasteiger partial charge in [-0.05, 0) is 44.0 Å². The Balaban J connectivity index is 1.52. The van der Waals surface area contributed by atoms with E-state index in [4.69, 9.17) is 14.2 Å². The monoisotopic (exact) mass is 530 g/mol. The van der Waals surface area contributed by atoms with Crippen LogP contribution in [0.2, 0.25) is 0 Å². The van der Waals surface area contributed by atoms with Gasteiger partial charge in [0, 0.05) is 22.4 Å². The van der Waals surface area contributed by atoms with E-state index in [-0.39, 0.29) is 34.6 Å². The van der Waals surface area contributed by atoms with E-state index >= 15 is 0 Å². The van der Waals surface area contributed by atoms with Crippen molar-refractivity contribution in [2.24, 2.45) is 0 Å². The zero-order valence-electron chi connectivity index (χ0n) is 20.1. The van der Waals surface area contributed by atoms with Crippen LogP contribution in [0, 0.1) is 6.92 Å². The van der Waals surface area contributed by atoms with Crippen molar-refractivity contribution < 1.29 is 28.6 Å². The van der Waals surface area contributed by atoms with Gasteiger partial charge in [-0.25, -0.2) is 9.59 Å². The van der Waals surface area contributed by atoms with Crippen LogP contribution < -0.4 is 5.32 Å². The summed E-state index contributed by atoms with van der Waals surface area (Å²) >= 11 is 2.87. The van der Waals surface area contributed by atoms with Crippen molar-refractivity contribution in [1.82, 2.24) is 14.8 Å². The number of benzene rings is 1. The molecule has 1 fully saturated rings. The molecule has 1 aliphatic heterocycles. The predicted octanol–water partition coefficient (Wildman–Crippen LogP) is 3.80. The van der Waals surface area contributed by atoms with Crippen LogP contribution in [0.3, 0.4) is 0 Å². The average molecular weight is 531 g/mol. The Labute approximate surface area is 216 Å². The molecule has 1 aromatic carbocycles. The Bertz CT molecular complexity index is 1270. The van der Waals surface area contributed by atoms with Crippen molar-refractivity contribution in [1.29, 1.82) is 0 Å². The molecule has 1 unspecified atom stereocenters. The molecule has 0 saturated carbocycles. The number of rotatable bonds is 9. The van der Waals surface area contributed by atoms with Crippen molar-refractivity contribution in [3.8, 4) is 11.4 Å². The van der Waals surface area contributed by atoms with Crippen LogP contribution >= 0.6 is 23.1 Å². The highest BCUT2D eigenvalue weighted by Gasteiger charge is 2.23. The van der Waals surface area contributed by atoms with E-state index in [1.165, 1.54) is 49.1 Å². The molecule has 3 aromatic rings. The Hall–Kier alpha value is -3.22. The van der Waals surface area contributed by atoms with Gasteiger partial charge in [0.05, 0.1) is 49.4 Å². The van der Waals surface area contributed by atoms with Crippen molar-refractivity contribution >= 4 is 46.6 Å². The molecule has 0 bridgehead atoms. The van der Waals surface area contributed by atoms with E-state index in [0.717, 1.165) is 30.8 Å². The molecule has 190 valence electrons. The van der Waals surface area contributed by atoms with Gasteiger partial charge < -0.3 is 19.5 Å². The lowest BCUT2D eigenvalue weighted by atomic mass is 10.1. The van der Waals surface area contributed by atoms with Crippen molar-refractivity contribution in [2.75, 3.05) is 31.9 Å². The summed E-state index contributed by atoms with van der Waals surface area (Å²) < 4.78 is 17.3. The number of aryl methyl sites for hydroxylation is 1. The fourth-order valence-electron chi connectivity index (χ4n) is 3.82. The first-order valence-electron chi connectivity index (χ1n) is 11.2. The average Bonchev–Trinajstić information content (AvgIpc) is 3.64. The van der Waals surface area contributed by atoms with E-state index in [0.29, 0.717) is 11.7 Å². The number of nitrogens with one attached hydrogen (secondary N) is 1.